The smallest absolute Gasteiger partial charge is 0.138 e. The molecular weight excluding hydrogens is 276 g/mol. The maximum atomic E-state index is 9.25. The van der Waals surface area contributed by atoms with E-state index in [2.05, 4.69) is 11.4 Å². The van der Waals surface area contributed by atoms with Crippen LogP contribution >= 0.6 is 0 Å². The second-order valence-electron chi connectivity index (χ2n) is 5.31. The Kier molecular flexibility index (Phi) is 4.27. The summed E-state index contributed by atoms with van der Waals surface area (Å²) in [5.74, 6) is 1.66. The Balaban J connectivity index is 1.96. The van der Waals surface area contributed by atoms with Gasteiger partial charge < -0.3 is 14.8 Å². The van der Waals surface area contributed by atoms with Gasteiger partial charge in [0, 0.05) is 18.0 Å². The van der Waals surface area contributed by atoms with E-state index in [0.29, 0.717) is 17.9 Å². The summed E-state index contributed by atoms with van der Waals surface area (Å²) in [7, 11) is 1.92. The normalized spacial score (nSPS) is 19.6. The second-order valence-corrected chi connectivity index (χ2v) is 5.31. The summed E-state index contributed by atoms with van der Waals surface area (Å²) in [5, 5.41) is 12.4. The van der Waals surface area contributed by atoms with Crippen LogP contribution in [0, 0.1) is 17.2 Å². The van der Waals surface area contributed by atoms with E-state index in [9.17, 15) is 5.26 Å². The Morgan fingerprint density at radius 3 is 2.82 bits per heavy atom. The predicted molar refractivity (Wildman–Crippen MR) is 83.9 cm³/mol. The number of para-hydroxylation sites is 2. The molecule has 0 saturated carbocycles. The number of nitrogens with zero attached hydrogens (tertiary/aromatic N) is 1. The van der Waals surface area contributed by atoms with Crippen LogP contribution in [0.15, 0.2) is 48.5 Å². The number of fused-ring (bicyclic) bond motifs is 1. The van der Waals surface area contributed by atoms with E-state index in [4.69, 9.17) is 9.47 Å². The van der Waals surface area contributed by atoms with Crippen LogP contribution in [0.4, 0.5) is 0 Å². The molecule has 1 N–H and O–H groups in total. The monoisotopic (exact) mass is 294 g/mol. The van der Waals surface area contributed by atoms with Crippen LogP contribution in [0.2, 0.25) is 0 Å². The molecule has 3 rings (SSSR count). The Morgan fingerprint density at radius 2 is 2.00 bits per heavy atom. The van der Waals surface area contributed by atoms with E-state index >= 15 is 0 Å². The quantitative estimate of drug-likeness (QED) is 0.942. The van der Waals surface area contributed by atoms with Gasteiger partial charge in [0.05, 0.1) is 12.2 Å². The zero-order chi connectivity index (χ0) is 15.4. The Hall–Kier alpha value is -2.51. The molecule has 1 aliphatic rings. The van der Waals surface area contributed by atoms with Crippen LogP contribution < -0.4 is 14.8 Å². The van der Waals surface area contributed by atoms with Gasteiger partial charge in [-0.05, 0) is 25.2 Å². The highest BCUT2D eigenvalue weighted by Gasteiger charge is 2.32. The minimum Gasteiger partial charge on any atom is -0.493 e. The third-order valence-corrected chi connectivity index (χ3v) is 3.83. The first-order valence-electron chi connectivity index (χ1n) is 7.35. The Bertz CT molecular complexity index is 693. The number of rotatable bonds is 4. The number of hydrogen-bond donors (Lipinski definition) is 1. The molecule has 0 saturated heterocycles. The molecule has 1 aliphatic heterocycles. The summed E-state index contributed by atoms with van der Waals surface area (Å²) in [4.78, 5) is 0. The standard InChI is InChI=1S/C18H18N2O2/c1-20-11-14-12-21-17-9-5-3-7-15(17)18(14)22-16-8-4-2-6-13(16)10-19/h2-9,14,18,20H,11-12H2,1H3/t14-,18-/m1/s1. The summed E-state index contributed by atoms with van der Waals surface area (Å²) in [6.45, 7) is 1.38. The lowest BCUT2D eigenvalue weighted by Crippen LogP contribution is -2.36. The molecule has 2 atom stereocenters. The summed E-state index contributed by atoms with van der Waals surface area (Å²) in [5.41, 5.74) is 1.58. The van der Waals surface area contributed by atoms with E-state index in [1.54, 1.807) is 6.07 Å². The summed E-state index contributed by atoms with van der Waals surface area (Å²) >= 11 is 0. The molecule has 0 aliphatic carbocycles. The van der Waals surface area contributed by atoms with Crippen molar-refractivity contribution in [3.63, 3.8) is 0 Å². The maximum Gasteiger partial charge on any atom is 0.138 e. The molecule has 4 heteroatoms. The maximum absolute atomic E-state index is 9.25. The van der Waals surface area contributed by atoms with E-state index < -0.39 is 0 Å². The molecule has 0 amide bonds. The van der Waals surface area contributed by atoms with Crippen molar-refractivity contribution in [2.75, 3.05) is 20.2 Å². The average molecular weight is 294 g/mol. The SMILES string of the molecule is CNC[C@@H]1COc2ccccc2[C@@H]1Oc1ccccc1C#N. The zero-order valence-corrected chi connectivity index (χ0v) is 12.5. The van der Waals surface area contributed by atoms with Gasteiger partial charge in [0.25, 0.3) is 0 Å². The molecule has 0 spiro atoms. The van der Waals surface area contributed by atoms with Crippen molar-refractivity contribution in [1.82, 2.24) is 5.32 Å². The van der Waals surface area contributed by atoms with Gasteiger partial charge in [0.15, 0.2) is 0 Å². The molecule has 0 bridgehead atoms. The molecule has 0 aromatic heterocycles. The summed E-state index contributed by atoms with van der Waals surface area (Å²) < 4.78 is 12.1. The molecule has 0 unspecified atom stereocenters. The Morgan fingerprint density at radius 1 is 1.23 bits per heavy atom. The minimum atomic E-state index is -0.133. The van der Waals surface area contributed by atoms with Gasteiger partial charge in [-0.3, -0.25) is 0 Å². The van der Waals surface area contributed by atoms with Gasteiger partial charge in [-0.1, -0.05) is 30.3 Å². The zero-order valence-electron chi connectivity index (χ0n) is 12.5. The molecule has 0 fully saturated rings. The lowest BCUT2D eigenvalue weighted by Gasteiger charge is -2.34. The first kappa shape index (κ1) is 14.4. The number of benzene rings is 2. The number of nitriles is 1. The Labute approximate surface area is 130 Å². The highest BCUT2D eigenvalue weighted by molar-refractivity contribution is 5.44. The van der Waals surface area contributed by atoms with Crippen molar-refractivity contribution in [2.24, 2.45) is 5.92 Å². The lowest BCUT2D eigenvalue weighted by molar-refractivity contribution is 0.0702. The third-order valence-electron chi connectivity index (χ3n) is 3.83. The van der Waals surface area contributed by atoms with Crippen LogP contribution in [0.1, 0.15) is 17.2 Å². The molecular formula is C18H18N2O2. The first-order chi connectivity index (χ1) is 10.8. The van der Waals surface area contributed by atoms with Gasteiger partial charge in [-0.15, -0.1) is 0 Å². The van der Waals surface area contributed by atoms with Crippen molar-refractivity contribution in [3.8, 4) is 17.6 Å². The fourth-order valence-electron chi connectivity index (χ4n) is 2.77. The molecule has 1 heterocycles. The van der Waals surface area contributed by atoms with Crippen LogP contribution in [0.3, 0.4) is 0 Å². The van der Waals surface area contributed by atoms with Crippen molar-refractivity contribution in [3.05, 3.63) is 59.7 Å². The molecule has 2 aromatic rings. The highest BCUT2D eigenvalue weighted by Crippen LogP contribution is 2.38. The van der Waals surface area contributed by atoms with Crippen LogP contribution in [0.5, 0.6) is 11.5 Å². The topological polar surface area (TPSA) is 54.3 Å². The second kappa shape index (κ2) is 6.50. The van der Waals surface area contributed by atoms with Crippen molar-refractivity contribution in [1.29, 1.82) is 5.26 Å². The van der Waals surface area contributed by atoms with Gasteiger partial charge >= 0.3 is 0 Å². The van der Waals surface area contributed by atoms with Gasteiger partial charge in [0.1, 0.15) is 23.7 Å². The van der Waals surface area contributed by atoms with E-state index in [0.717, 1.165) is 17.9 Å². The minimum absolute atomic E-state index is 0.133. The van der Waals surface area contributed by atoms with Crippen molar-refractivity contribution < 1.29 is 9.47 Å². The highest BCUT2D eigenvalue weighted by atomic mass is 16.5. The molecule has 22 heavy (non-hydrogen) atoms. The van der Waals surface area contributed by atoms with Gasteiger partial charge in [-0.2, -0.15) is 5.26 Å². The largest absolute Gasteiger partial charge is 0.493 e. The number of ether oxygens (including phenoxy) is 2. The molecule has 112 valence electrons. The van der Waals surface area contributed by atoms with Crippen LogP contribution in [-0.2, 0) is 0 Å². The van der Waals surface area contributed by atoms with E-state index in [1.807, 2.05) is 49.5 Å². The summed E-state index contributed by atoms with van der Waals surface area (Å²) in [6, 6.07) is 17.4. The fraction of sp³-hybridized carbons (Fsp3) is 0.278. The van der Waals surface area contributed by atoms with Crippen LogP contribution in [-0.4, -0.2) is 20.2 Å². The number of hydrogen-bond acceptors (Lipinski definition) is 4. The molecule has 2 aromatic carbocycles. The van der Waals surface area contributed by atoms with Gasteiger partial charge in [-0.25, -0.2) is 0 Å². The first-order valence-corrected chi connectivity index (χ1v) is 7.35. The van der Waals surface area contributed by atoms with Crippen LogP contribution in [0.25, 0.3) is 0 Å². The fourth-order valence-corrected chi connectivity index (χ4v) is 2.77. The number of nitrogens with one attached hydrogen (secondary N) is 1. The lowest BCUT2D eigenvalue weighted by atomic mass is 9.93. The predicted octanol–water partition coefficient (Wildman–Crippen LogP) is 2.91. The average Bonchev–Trinajstić information content (AvgIpc) is 2.57. The van der Waals surface area contributed by atoms with Gasteiger partial charge in [0.2, 0.25) is 0 Å². The molecule has 4 nitrogen and oxygen atoms in total. The van der Waals surface area contributed by atoms with Crippen molar-refractivity contribution in [2.45, 2.75) is 6.10 Å². The van der Waals surface area contributed by atoms with E-state index in [1.165, 1.54) is 0 Å². The van der Waals surface area contributed by atoms with E-state index in [-0.39, 0.29) is 12.0 Å². The summed E-state index contributed by atoms with van der Waals surface area (Å²) in [6.07, 6.45) is -0.133. The molecule has 0 radical (unpaired) electrons. The third kappa shape index (κ3) is 2.76. The van der Waals surface area contributed by atoms with Crippen molar-refractivity contribution >= 4 is 0 Å².